The van der Waals surface area contributed by atoms with Crippen LogP contribution in [0, 0.1) is 13.8 Å². The van der Waals surface area contributed by atoms with Gasteiger partial charge in [0.2, 0.25) is 0 Å². The van der Waals surface area contributed by atoms with Crippen molar-refractivity contribution in [3.63, 3.8) is 0 Å². The molecule has 0 fully saturated rings. The van der Waals surface area contributed by atoms with Crippen LogP contribution in [0.2, 0.25) is 0 Å². The average Bonchev–Trinajstić information content (AvgIpc) is 2.65. The molecule has 0 aliphatic heterocycles. The van der Waals surface area contributed by atoms with Gasteiger partial charge in [-0.2, -0.15) is 0 Å². The van der Waals surface area contributed by atoms with E-state index in [0.717, 1.165) is 17.1 Å². The Bertz CT molecular complexity index is 544. The molecular weight excluding hydrogens is 204 g/mol. The van der Waals surface area contributed by atoms with Crippen LogP contribution >= 0.6 is 0 Å². The molecule has 2 rings (SSSR count). The summed E-state index contributed by atoms with van der Waals surface area (Å²) < 4.78 is 1.88. The normalized spacial score (nSPS) is 10.4. The van der Waals surface area contributed by atoms with Gasteiger partial charge in [0.25, 0.3) is 0 Å². The molecule has 1 heterocycles. The largest absolute Gasteiger partial charge is 0.478 e. The van der Waals surface area contributed by atoms with Crippen molar-refractivity contribution in [2.75, 3.05) is 0 Å². The van der Waals surface area contributed by atoms with Crippen molar-refractivity contribution >= 4 is 5.97 Å². The van der Waals surface area contributed by atoms with Crippen molar-refractivity contribution in [2.24, 2.45) is 0 Å². The van der Waals surface area contributed by atoms with Gasteiger partial charge in [0.05, 0.1) is 11.3 Å². The Morgan fingerprint density at radius 3 is 2.69 bits per heavy atom. The maximum absolute atomic E-state index is 10.9. The quantitative estimate of drug-likeness (QED) is 0.837. The SMILES string of the molecule is Cc1ccc(C(=O)O)cc1-n1ccnc1C. The van der Waals surface area contributed by atoms with E-state index >= 15 is 0 Å². The monoisotopic (exact) mass is 216 g/mol. The lowest BCUT2D eigenvalue weighted by Gasteiger charge is -2.09. The van der Waals surface area contributed by atoms with Crippen LogP contribution in [0.5, 0.6) is 0 Å². The smallest absolute Gasteiger partial charge is 0.335 e. The minimum atomic E-state index is -0.918. The molecule has 0 aliphatic rings. The number of aromatic carboxylic acids is 1. The first-order valence-corrected chi connectivity index (χ1v) is 4.94. The van der Waals surface area contributed by atoms with Gasteiger partial charge in [-0.25, -0.2) is 9.78 Å². The van der Waals surface area contributed by atoms with Crippen LogP contribution in [0.4, 0.5) is 0 Å². The van der Waals surface area contributed by atoms with Crippen molar-refractivity contribution in [1.29, 1.82) is 0 Å². The van der Waals surface area contributed by atoms with Gasteiger partial charge in [0.15, 0.2) is 0 Å². The number of rotatable bonds is 2. The molecule has 0 atom stereocenters. The highest BCUT2D eigenvalue weighted by Crippen LogP contribution is 2.17. The van der Waals surface area contributed by atoms with Gasteiger partial charge in [-0.1, -0.05) is 6.07 Å². The molecule has 4 heteroatoms. The van der Waals surface area contributed by atoms with Crippen LogP contribution in [-0.4, -0.2) is 20.6 Å². The first-order valence-electron chi connectivity index (χ1n) is 4.94. The average molecular weight is 216 g/mol. The minimum absolute atomic E-state index is 0.286. The van der Waals surface area contributed by atoms with Crippen molar-refractivity contribution in [2.45, 2.75) is 13.8 Å². The zero-order chi connectivity index (χ0) is 11.7. The molecule has 0 saturated heterocycles. The third-order valence-corrected chi connectivity index (χ3v) is 2.54. The van der Waals surface area contributed by atoms with Crippen LogP contribution in [0.15, 0.2) is 30.6 Å². The topological polar surface area (TPSA) is 55.1 Å². The van der Waals surface area contributed by atoms with E-state index in [9.17, 15) is 4.79 Å². The molecule has 0 saturated carbocycles. The van der Waals surface area contributed by atoms with Crippen molar-refractivity contribution in [3.05, 3.63) is 47.5 Å². The molecule has 82 valence electrons. The van der Waals surface area contributed by atoms with E-state index in [-0.39, 0.29) is 5.56 Å². The van der Waals surface area contributed by atoms with Gasteiger partial charge < -0.3 is 9.67 Å². The minimum Gasteiger partial charge on any atom is -0.478 e. The van der Waals surface area contributed by atoms with Crippen molar-refractivity contribution in [1.82, 2.24) is 9.55 Å². The molecule has 16 heavy (non-hydrogen) atoms. The molecular formula is C12H12N2O2. The lowest BCUT2D eigenvalue weighted by molar-refractivity contribution is 0.0697. The zero-order valence-corrected chi connectivity index (χ0v) is 9.14. The molecule has 4 nitrogen and oxygen atoms in total. The lowest BCUT2D eigenvalue weighted by Crippen LogP contribution is -2.02. The molecule has 1 aromatic carbocycles. The molecule has 0 radical (unpaired) electrons. The molecule has 2 aromatic rings. The summed E-state index contributed by atoms with van der Waals surface area (Å²) in [6.45, 7) is 3.83. The van der Waals surface area contributed by atoms with E-state index in [4.69, 9.17) is 5.11 Å². The van der Waals surface area contributed by atoms with Crippen LogP contribution in [0.1, 0.15) is 21.7 Å². The summed E-state index contributed by atoms with van der Waals surface area (Å²) in [5, 5.41) is 8.94. The number of imidazole rings is 1. The first kappa shape index (κ1) is 10.4. The highest BCUT2D eigenvalue weighted by Gasteiger charge is 2.08. The Kier molecular flexibility index (Phi) is 2.48. The highest BCUT2D eigenvalue weighted by molar-refractivity contribution is 5.88. The van der Waals surface area contributed by atoms with Crippen LogP contribution in [0.3, 0.4) is 0 Å². The number of carboxylic acids is 1. The van der Waals surface area contributed by atoms with Gasteiger partial charge in [-0.3, -0.25) is 0 Å². The summed E-state index contributed by atoms with van der Waals surface area (Å²) >= 11 is 0. The molecule has 0 spiro atoms. The lowest BCUT2D eigenvalue weighted by atomic mass is 10.1. The van der Waals surface area contributed by atoms with Crippen LogP contribution < -0.4 is 0 Å². The third kappa shape index (κ3) is 1.69. The summed E-state index contributed by atoms with van der Waals surface area (Å²) in [7, 11) is 0. The molecule has 0 aliphatic carbocycles. The Labute approximate surface area is 93.2 Å². The molecule has 0 unspecified atom stereocenters. The summed E-state index contributed by atoms with van der Waals surface area (Å²) in [4.78, 5) is 15.0. The van der Waals surface area contributed by atoms with Crippen LogP contribution in [0.25, 0.3) is 5.69 Å². The fourth-order valence-corrected chi connectivity index (χ4v) is 1.63. The number of hydrogen-bond donors (Lipinski definition) is 1. The zero-order valence-electron chi connectivity index (χ0n) is 9.14. The number of hydrogen-bond acceptors (Lipinski definition) is 2. The third-order valence-electron chi connectivity index (χ3n) is 2.54. The summed E-state index contributed by atoms with van der Waals surface area (Å²) in [5.74, 6) is -0.0790. The van der Waals surface area contributed by atoms with Crippen LogP contribution in [-0.2, 0) is 0 Å². The Balaban J connectivity index is 2.60. The van der Waals surface area contributed by atoms with Crippen molar-refractivity contribution < 1.29 is 9.90 Å². The van der Waals surface area contributed by atoms with Gasteiger partial charge in [-0.15, -0.1) is 0 Å². The molecule has 0 amide bonds. The second-order valence-corrected chi connectivity index (χ2v) is 3.65. The second-order valence-electron chi connectivity index (χ2n) is 3.65. The number of carbonyl (C=O) groups is 1. The Morgan fingerprint density at radius 1 is 1.38 bits per heavy atom. The summed E-state index contributed by atoms with van der Waals surface area (Å²) in [5.41, 5.74) is 2.16. The predicted molar refractivity (Wildman–Crippen MR) is 60.0 cm³/mol. The van der Waals surface area contributed by atoms with Gasteiger partial charge >= 0.3 is 5.97 Å². The molecule has 0 bridgehead atoms. The number of nitrogens with zero attached hydrogens (tertiary/aromatic N) is 2. The Hall–Kier alpha value is -2.10. The maximum Gasteiger partial charge on any atom is 0.335 e. The number of benzene rings is 1. The maximum atomic E-state index is 10.9. The van der Waals surface area contributed by atoms with Gasteiger partial charge in [0.1, 0.15) is 5.82 Å². The molecule has 1 aromatic heterocycles. The van der Waals surface area contributed by atoms with E-state index in [1.165, 1.54) is 0 Å². The molecule has 1 N–H and O–H groups in total. The summed E-state index contributed by atoms with van der Waals surface area (Å²) in [6, 6.07) is 5.07. The number of aromatic nitrogens is 2. The fourth-order valence-electron chi connectivity index (χ4n) is 1.63. The predicted octanol–water partition coefficient (Wildman–Crippen LogP) is 2.19. The number of aryl methyl sites for hydroxylation is 2. The van der Waals surface area contributed by atoms with E-state index in [2.05, 4.69) is 4.98 Å². The summed E-state index contributed by atoms with van der Waals surface area (Å²) in [6.07, 6.45) is 3.52. The van der Waals surface area contributed by atoms with Gasteiger partial charge in [-0.05, 0) is 31.5 Å². The van der Waals surface area contributed by atoms with E-state index < -0.39 is 5.97 Å². The van der Waals surface area contributed by atoms with E-state index in [1.807, 2.05) is 24.6 Å². The first-order chi connectivity index (χ1) is 7.59. The van der Waals surface area contributed by atoms with Crippen molar-refractivity contribution in [3.8, 4) is 5.69 Å². The highest BCUT2D eigenvalue weighted by atomic mass is 16.4. The fraction of sp³-hybridized carbons (Fsp3) is 0.167. The standard InChI is InChI=1S/C12H12N2O2/c1-8-3-4-10(12(15)16)7-11(8)14-6-5-13-9(14)2/h3-7H,1-2H3,(H,15,16). The Morgan fingerprint density at radius 2 is 2.12 bits per heavy atom. The van der Waals surface area contributed by atoms with E-state index in [0.29, 0.717) is 0 Å². The van der Waals surface area contributed by atoms with E-state index in [1.54, 1.807) is 24.4 Å². The second kappa shape index (κ2) is 3.81. The van der Waals surface area contributed by atoms with Gasteiger partial charge in [0, 0.05) is 12.4 Å². The number of carboxylic acid groups (broad SMARTS) is 1.